The average Bonchev–Trinajstić information content (AvgIpc) is 2.79. The van der Waals surface area contributed by atoms with Crippen LogP contribution in [0.15, 0.2) is 60.7 Å². The van der Waals surface area contributed by atoms with Gasteiger partial charge < -0.3 is 16.4 Å². The highest BCUT2D eigenvalue weighted by molar-refractivity contribution is 5.87. The van der Waals surface area contributed by atoms with E-state index >= 15 is 0 Å². The molecule has 0 saturated carbocycles. The van der Waals surface area contributed by atoms with Gasteiger partial charge in [-0.1, -0.05) is 74.5 Å². The maximum absolute atomic E-state index is 12.8. The van der Waals surface area contributed by atoms with Gasteiger partial charge in [0.15, 0.2) is 0 Å². The minimum Gasteiger partial charge on any atom is -0.358 e. The number of amides is 2. The molecule has 0 aromatic heterocycles. The van der Waals surface area contributed by atoms with Crippen LogP contribution in [-0.2, 0) is 9.59 Å². The van der Waals surface area contributed by atoms with Crippen LogP contribution >= 0.6 is 0 Å². The molecule has 0 radical (unpaired) electrons. The molecule has 0 bridgehead atoms. The quantitative estimate of drug-likeness (QED) is 0.431. The number of hydrogen-bond acceptors (Lipinski definition) is 2. The van der Waals surface area contributed by atoms with Gasteiger partial charge in [-0.3, -0.25) is 9.59 Å². The van der Waals surface area contributed by atoms with Crippen molar-refractivity contribution in [3.05, 3.63) is 71.8 Å². The zero-order valence-corrected chi connectivity index (χ0v) is 19.0. The second kappa shape index (κ2) is 13.6. The summed E-state index contributed by atoms with van der Waals surface area (Å²) in [7, 11) is 0. The summed E-state index contributed by atoms with van der Waals surface area (Å²) in [4.78, 5) is 25.1. The minimum atomic E-state index is -0.507. The average molecular weight is 425 g/mol. The molecule has 0 aliphatic rings. The van der Waals surface area contributed by atoms with Gasteiger partial charge in [0.25, 0.3) is 0 Å². The molecular weight excluding hydrogens is 386 g/mol. The van der Waals surface area contributed by atoms with Gasteiger partial charge in [0.1, 0.15) is 6.04 Å². The van der Waals surface area contributed by atoms with E-state index in [-0.39, 0.29) is 23.7 Å². The van der Waals surface area contributed by atoms with Crippen molar-refractivity contribution in [2.75, 3.05) is 13.1 Å². The van der Waals surface area contributed by atoms with Crippen LogP contribution in [0.5, 0.6) is 0 Å². The number of quaternary nitrogens is 1. The number of nitrogens with one attached hydrogen (secondary N) is 2. The molecule has 2 rings (SSSR count). The fourth-order valence-corrected chi connectivity index (χ4v) is 3.77. The topological polar surface area (TPSA) is 85.8 Å². The molecule has 0 spiro atoms. The first-order chi connectivity index (χ1) is 15.0. The monoisotopic (exact) mass is 424 g/mol. The van der Waals surface area contributed by atoms with Crippen LogP contribution in [0.2, 0.25) is 0 Å². The van der Waals surface area contributed by atoms with Gasteiger partial charge in [-0.2, -0.15) is 0 Å². The van der Waals surface area contributed by atoms with Crippen molar-refractivity contribution in [2.24, 2.45) is 5.92 Å². The van der Waals surface area contributed by atoms with Crippen LogP contribution in [0.1, 0.15) is 63.0 Å². The van der Waals surface area contributed by atoms with Crippen LogP contribution in [-0.4, -0.2) is 30.9 Å². The Labute approximate surface area is 186 Å². The zero-order valence-electron chi connectivity index (χ0n) is 19.0. The summed E-state index contributed by atoms with van der Waals surface area (Å²) in [6.45, 7) is 5.37. The fourth-order valence-electron chi connectivity index (χ4n) is 3.77. The van der Waals surface area contributed by atoms with Crippen LogP contribution in [0.25, 0.3) is 0 Å². The third kappa shape index (κ3) is 8.54. The van der Waals surface area contributed by atoms with Crippen molar-refractivity contribution >= 4 is 11.8 Å². The Morgan fingerprint density at radius 2 is 1.45 bits per heavy atom. The van der Waals surface area contributed by atoms with Crippen LogP contribution in [0.3, 0.4) is 0 Å². The number of benzene rings is 2. The molecule has 2 amide bonds. The summed E-state index contributed by atoms with van der Waals surface area (Å²) in [5.41, 5.74) is 6.29. The van der Waals surface area contributed by atoms with Crippen molar-refractivity contribution < 1.29 is 15.3 Å². The maximum Gasteiger partial charge on any atom is 0.242 e. The van der Waals surface area contributed by atoms with Crippen LogP contribution in [0, 0.1) is 5.92 Å². The second-order valence-electron chi connectivity index (χ2n) is 8.41. The molecule has 0 aliphatic heterocycles. The Bertz CT molecular complexity index is 738. The highest BCUT2D eigenvalue weighted by Crippen LogP contribution is 2.27. The van der Waals surface area contributed by atoms with Crippen LogP contribution in [0.4, 0.5) is 0 Å². The van der Waals surface area contributed by atoms with Crippen molar-refractivity contribution in [2.45, 2.75) is 57.9 Å². The van der Waals surface area contributed by atoms with Gasteiger partial charge in [0.05, 0.1) is 6.54 Å². The van der Waals surface area contributed by atoms with Crippen LogP contribution < -0.4 is 16.4 Å². The third-order valence-electron chi connectivity index (χ3n) is 5.56. The van der Waals surface area contributed by atoms with Gasteiger partial charge in [-0.25, -0.2) is 0 Å². The first kappa shape index (κ1) is 24.6. The Morgan fingerprint density at radius 3 is 1.97 bits per heavy atom. The molecule has 5 N–H and O–H groups in total. The van der Waals surface area contributed by atoms with Gasteiger partial charge in [-0.05, 0) is 42.7 Å². The molecular formula is C26H38N3O2+. The van der Waals surface area contributed by atoms with E-state index in [1.807, 2.05) is 50.2 Å². The molecule has 0 unspecified atom stereocenters. The predicted molar refractivity (Wildman–Crippen MR) is 125 cm³/mol. The Balaban J connectivity index is 1.92. The summed E-state index contributed by atoms with van der Waals surface area (Å²) in [6.07, 6.45) is 4.12. The standard InChI is InChI=1S/C26H37N3O2/c1-20(2)25(29-24(30)16-10-5-11-18-27)26(31)28-19-17-23(21-12-6-3-7-13-21)22-14-8-4-9-15-22/h3-4,6-9,12-15,20,23,25H,5,10-11,16-19,27H2,1-2H3,(H,28,31)(H,29,30)/p+1/t25-/m0/s1. The lowest BCUT2D eigenvalue weighted by Gasteiger charge is -2.23. The molecule has 0 aliphatic carbocycles. The number of hydrogen-bond donors (Lipinski definition) is 3. The van der Waals surface area contributed by atoms with E-state index in [9.17, 15) is 9.59 Å². The summed E-state index contributed by atoms with van der Waals surface area (Å²) in [5.74, 6) is 0.0797. The Hall–Kier alpha value is -2.66. The molecule has 168 valence electrons. The number of carbonyl (C=O) groups is 2. The Kier molecular flexibility index (Phi) is 10.8. The van der Waals surface area contributed by atoms with Crippen molar-refractivity contribution in [1.82, 2.24) is 10.6 Å². The van der Waals surface area contributed by atoms with Gasteiger partial charge >= 0.3 is 0 Å². The minimum absolute atomic E-state index is 0.0304. The Morgan fingerprint density at radius 1 is 0.871 bits per heavy atom. The van der Waals surface area contributed by atoms with Crippen molar-refractivity contribution in [1.29, 1.82) is 0 Å². The zero-order chi connectivity index (χ0) is 22.5. The van der Waals surface area contributed by atoms with E-state index in [0.29, 0.717) is 13.0 Å². The normalized spacial score (nSPS) is 12.0. The van der Waals surface area contributed by atoms with Gasteiger partial charge in [0, 0.05) is 18.9 Å². The van der Waals surface area contributed by atoms with Gasteiger partial charge in [0.2, 0.25) is 11.8 Å². The number of carbonyl (C=O) groups excluding carboxylic acids is 2. The fraction of sp³-hybridized carbons (Fsp3) is 0.462. The third-order valence-corrected chi connectivity index (χ3v) is 5.56. The summed E-state index contributed by atoms with van der Waals surface area (Å²) < 4.78 is 0. The lowest BCUT2D eigenvalue weighted by Crippen LogP contribution is -2.50. The molecule has 0 fully saturated rings. The largest absolute Gasteiger partial charge is 0.358 e. The molecule has 2 aromatic carbocycles. The van der Waals surface area contributed by atoms with E-state index in [1.54, 1.807) is 0 Å². The molecule has 5 nitrogen and oxygen atoms in total. The summed E-state index contributed by atoms with van der Waals surface area (Å²) in [6, 6.07) is 20.2. The molecule has 2 aromatic rings. The molecule has 1 atom stereocenters. The smallest absolute Gasteiger partial charge is 0.242 e. The highest BCUT2D eigenvalue weighted by atomic mass is 16.2. The lowest BCUT2D eigenvalue weighted by atomic mass is 9.88. The lowest BCUT2D eigenvalue weighted by molar-refractivity contribution is -0.368. The van der Waals surface area contributed by atoms with Crippen molar-refractivity contribution in [3.8, 4) is 0 Å². The first-order valence-electron chi connectivity index (χ1n) is 11.5. The van der Waals surface area contributed by atoms with Gasteiger partial charge in [-0.15, -0.1) is 0 Å². The number of unbranched alkanes of at least 4 members (excludes halogenated alkanes) is 2. The predicted octanol–water partition coefficient (Wildman–Crippen LogP) is 3.27. The molecule has 5 heteroatoms. The van der Waals surface area contributed by atoms with E-state index in [0.717, 1.165) is 32.2 Å². The molecule has 31 heavy (non-hydrogen) atoms. The SMILES string of the molecule is CC(C)[C@H](NC(=O)CCCCC[NH3+])C(=O)NCCC(c1ccccc1)c1ccccc1. The van der Waals surface area contributed by atoms with Crippen molar-refractivity contribution in [3.63, 3.8) is 0 Å². The first-order valence-corrected chi connectivity index (χ1v) is 11.5. The number of rotatable bonds is 13. The van der Waals surface area contributed by atoms with E-state index < -0.39 is 6.04 Å². The van der Waals surface area contributed by atoms with E-state index in [2.05, 4.69) is 40.6 Å². The highest BCUT2D eigenvalue weighted by Gasteiger charge is 2.24. The second-order valence-corrected chi connectivity index (χ2v) is 8.41. The summed E-state index contributed by atoms with van der Waals surface area (Å²) in [5, 5.41) is 5.98. The molecule has 0 heterocycles. The maximum atomic E-state index is 12.8. The van der Waals surface area contributed by atoms with E-state index in [4.69, 9.17) is 0 Å². The summed E-state index contributed by atoms with van der Waals surface area (Å²) >= 11 is 0. The molecule has 0 saturated heterocycles. The van der Waals surface area contributed by atoms with E-state index in [1.165, 1.54) is 11.1 Å².